The number of anilines is 1. The van der Waals surface area contributed by atoms with Crippen molar-refractivity contribution in [2.75, 3.05) is 37.9 Å². The molecular weight excluding hydrogens is 320 g/mol. The third-order valence-electron chi connectivity index (χ3n) is 3.23. The predicted molar refractivity (Wildman–Crippen MR) is 93.7 cm³/mol. The van der Waals surface area contributed by atoms with Crippen LogP contribution < -0.4 is 10.1 Å². The lowest BCUT2D eigenvalue weighted by Crippen LogP contribution is -2.46. The van der Waals surface area contributed by atoms with Gasteiger partial charge in [0.1, 0.15) is 11.0 Å². The molecule has 1 fully saturated rings. The first-order valence-corrected chi connectivity index (χ1v) is 8.58. The molecule has 1 aromatic rings. The molecule has 0 amide bonds. The highest BCUT2D eigenvalue weighted by molar-refractivity contribution is 8.00. The second-order valence-corrected chi connectivity index (χ2v) is 6.41. The Morgan fingerprint density at radius 1 is 1.45 bits per heavy atom. The molecule has 1 aliphatic heterocycles. The largest absolute Gasteiger partial charge is 0.494 e. The lowest BCUT2D eigenvalue weighted by atomic mass is 10.3. The minimum absolute atomic E-state index is 0.182. The van der Waals surface area contributed by atoms with Crippen molar-refractivity contribution in [3.63, 3.8) is 0 Å². The van der Waals surface area contributed by atoms with E-state index in [1.807, 2.05) is 36.1 Å². The molecule has 5 nitrogen and oxygen atoms in total. The Labute approximate surface area is 140 Å². The molecule has 1 aliphatic rings. The average Bonchev–Trinajstić information content (AvgIpc) is 2.56. The molecule has 1 aromatic carbocycles. The fraction of sp³-hybridized carbons (Fsp3) is 0.467. The van der Waals surface area contributed by atoms with Crippen LogP contribution >= 0.6 is 24.0 Å². The van der Waals surface area contributed by atoms with Crippen LogP contribution in [0.2, 0.25) is 0 Å². The van der Waals surface area contributed by atoms with Gasteiger partial charge >= 0.3 is 5.97 Å². The van der Waals surface area contributed by atoms with Gasteiger partial charge in [0.25, 0.3) is 0 Å². The number of benzene rings is 1. The molecule has 1 atom stereocenters. The van der Waals surface area contributed by atoms with Crippen LogP contribution in [0.15, 0.2) is 24.3 Å². The Morgan fingerprint density at radius 3 is 2.82 bits per heavy atom. The Bertz CT molecular complexity index is 522. The molecule has 0 unspecified atom stereocenters. The van der Waals surface area contributed by atoms with E-state index in [1.165, 1.54) is 7.11 Å². The smallest absolute Gasteiger partial charge is 0.320 e. The number of hydrogen-bond acceptors (Lipinski definition) is 5. The SMILES string of the molecule is CCOc1ccc(NC(=S)N2CCS[C@@H](C(=O)OC)C2)cc1. The third kappa shape index (κ3) is 4.51. The number of ether oxygens (including phenoxy) is 2. The molecule has 0 radical (unpaired) electrons. The maximum absolute atomic E-state index is 11.6. The van der Waals surface area contributed by atoms with E-state index in [4.69, 9.17) is 21.7 Å². The van der Waals surface area contributed by atoms with E-state index in [-0.39, 0.29) is 11.2 Å². The number of thiocarbonyl (C=S) groups is 1. The van der Waals surface area contributed by atoms with Gasteiger partial charge in [-0.1, -0.05) is 0 Å². The number of carbonyl (C=O) groups excluding carboxylic acids is 1. The summed E-state index contributed by atoms with van der Waals surface area (Å²) in [5.41, 5.74) is 0.904. The molecule has 1 saturated heterocycles. The van der Waals surface area contributed by atoms with E-state index in [0.717, 1.165) is 23.7 Å². The van der Waals surface area contributed by atoms with Crippen LogP contribution in [0.1, 0.15) is 6.92 Å². The minimum Gasteiger partial charge on any atom is -0.494 e. The van der Waals surface area contributed by atoms with E-state index in [2.05, 4.69) is 5.32 Å². The molecule has 22 heavy (non-hydrogen) atoms. The van der Waals surface area contributed by atoms with Crippen molar-refractivity contribution in [2.45, 2.75) is 12.2 Å². The predicted octanol–water partition coefficient (Wildman–Crippen LogP) is 2.37. The highest BCUT2D eigenvalue weighted by Crippen LogP contribution is 2.21. The Morgan fingerprint density at radius 2 is 2.18 bits per heavy atom. The lowest BCUT2D eigenvalue weighted by Gasteiger charge is -2.33. The second kappa shape index (κ2) is 8.24. The Balaban J connectivity index is 1.92. The third-order valence-corrected chi connectivity index (χ3v) is 4.76. The Kier molecular flexibility index (Phi) is 6.33. The highest BCUT2D eigenvalue weighted by Gasteiger charge is 2.28. The van der Waals surface area contributed by atoms with Crippen LogP contribution in [-0.2, 0) is 9.53 Å². The number of thioether (sulfide) groups is 1. The van der Waals surface area contributed by atoms with Gasteiger partial charge in [-0.2, -0.15) is 0 Å². The Hall–Kier alpha value is -1.47. The van der Waals surface area contributed by atoms with Gasteiger partial charge in [-0.3, -0.25) is 4.79 Å². The number of hydrogen-bond donors (Lipinski definition) is 1. The van der Waals surface area contributed by atoms with Crippen molar-refractivity contribution in [3.8, 4) is 5.75 Å². The van der Waals surface area contributed by atoms with Crippen LogP contribution in [0.4, 0.5) is 5.69 Å². The molecule has 0 aromatic heterocycles. The molecular formula is C15H20N2O3S2. The van der Waals surface area contributed by atoms with Gasteiger partial charge in [0.2, 0.25) is 0 Å². The first kappa shape index (κ1) is 16.9. The van der Waals surface area contributed by atoms with E-state index >= 15 is 0 Å². The van der Waals surface area contributed by atoms with Gasteiger partial charge in [-0.15, -0.1) is 11.8 Å². The maximum Gasteiger partial charge on any atom is 0.320 e. The highest BCUT2D eigenvalue weighted by atomic mass is 32.2. The summed E-state index contributed by atoms with van der Waals surface area (Å²) in [5, 5.41) is 3.64. The maximum atomic E-state index is 11.6. The van der Waals surface area contributed by atoms with Gasteiger partial charge < -0.3 is 19.7 Å². The standard InChI is InChI=1S/C15H20N2O3S2/c1-3-20-12-6-4-11(5-7-12)16-15(21)17-8-9-22-13(10-17)14(18)19-2/h4-7,13H,3,8-10H2,1-2H3,(H,16,21)/t13-/m1/s1. The zero-order valence-corrected chi connectivity index (χ0v) is 14.3. The van der Waals surface area contributed by atoms with Crippen LogP contribution in [0.25, 0.3) is 0 Å². The summed E-state index contributed by atoms with van der Waals surface area (Å²) in [6, 6.07) is 7.65. The van der Waals surface area contributed by atoms with E-state index in [0.29, 0.717) is 18.3 Å². The lowest BCUT2D eigenvalue weighted by molar-refractivity contribution is -0.140. The van der Waals surface area contributed by atoms with Crippen molar-refractivity contribution < 1.29 is 14.3 Å². The summed E-state index contributed by atoms with van der Waals surface area (Å²) in [6.07, 6.45) is 0. The number of methoxy groups -OCH3 is 1. The zero-order valence-electron chi connectivity index (χ0n) is 12.7. The van der Waals surface area contributed by atoms with E-state index in [9.17, 15) is 4.79 Å². The first-order chi connectivity index (χ1) is 10.6. The molecule has 120 valence electrons. The summed E-state index contributed by atoms with van der Waals surface area (Å²) < 4.78 is 10.2. The molecule has 0 spiro atoms. The molecule has 7 heteroatoms. The first-order valence-electron chi connectivity index (χ1n) is 7.12. The van der Waals surface area contributed by atoms with Crippen LogP contribution in [0, 0.1) is 0 Å². The van der Waals surface area contributed by atoms with Gasteiger partial charge in [-0.05, 0) is 43.4 Å². The van der Waals surface area contributed by atoms with Crippen LogP contribution in [0.3, 0.4) is 0 Å². The molecule has 2 rings (SSSR count). The average molecular weight is 340 g/mol. The number of rotatable bonds is 4. The molecule has 1 heterocycles. The van der Waals surface area contributed by atoms with Gasteiger partial charge in [0.15, 0.2) is 5.11 Å². The van der Waals surface area contributed by atoms with Crippen molar-refractivity contribution in [1.29, 1.82) is 0 Å². The molecule has 0 saturated carbocycles. The molecule has 0 bridgehead atoms. The van der Waals surface area contributed by atoms with Crippen LogP contribution in [0.5, 0.6) is 5.75 Å². The fourth-order valence-electron chi connectivity index (χ4n) is 2.11. The van der Waals surface area contributed by atoms with Crippen molar-refractivity contribution in [1.82, 2.24) is 4.90 Å². The van der Waals surface area contributed by atoms with Gasteiger partial charge in [-0.25, -0.2) is 0 Å². The number of esters is 1. The van der Waals surface area contributed by atoms with Crippen molar-refractivity contribution in [2.24, 2.45) is 0 Å². The number of carbonyl (C=O) groups is 1. The van der Waals surface area contributed by atoms with Crippen molar-refractivity contribution >= 4 is 40.7 Å². The molecule has 1 N–H and O–H groups in total. The summed E-state index contributed by atoms with van der Waals surface area (Å²) in [4.78, 5) is 13.6. The van der Waals surface area contributed by atoms with Crippen LogP contribution in [-0.4, -0.2) is 53.8 Å². The molecule has 0 aliphatic carbocycles. The minimum atomic E-state index is -0.196. The summed E-state index contributed by atoms with van der Waals surface area (Å²) >= 11 is 7.05. The summed E-state index contributed by atoms with van der Waals surface area (Å²) in [7, 11) is 1.42. The quantitative estimate of drug-likeness (QED) is 0.667. The van der Waals surface area contributed by atoms with Gasteiger partial charge in [0.05, 0.1) is 13.7 Å². The second-order valence-electron chi connectivity index (χ2n) is 4.72. The monoisotopic (exact) mass is 340 g/mol. The topological polar surface area (TPSA) is 50.8 Å². The number of nitrogens with one attached hydrogen (secondary N) is 1. The van der Waals surface area contributed by atoms with E-state index in [1.54, 1.807) is 11.8 Å². The number of nitrogens with zero attached hydrogens (tertiary/aromatic N) is 1. The van der Waals surface area contributed by atoms with Crippen molar-refractivity contribution in [3.05, 3.63) is 24.3 Å². The summed E-state index contributed by atoms with van der Waals surface area (Å²) in [5.74, 6) is 1.49. The van der Waals surface area contributed by atoms with E-state index < -0.39 is 0 Å². The fourth-order valence-corrected chi connectivity index (χ4v) is 3.52. The van der Waals surface area contributed by atoms with Gasteiger partial charge in [0, 0.05) is 24.5 Å². The summed E-state index contributed by atoms with van der Waals surface area (Å²) in [6.45, 7) is 3.99. The zero-order chi connectivity index (χ0) is 15.9. The normalized spacial score (nSPS) is 17.7.